The van der Waals surface area contributed by atoms with Gasteiger partial charge in [-0.15, -0.1) is 0 Å². The van der Waals surface area contributed by atoms with Crippen molar-refractivity contribution in [2.75, 3.05) is 27.3 Å². The van der Waals surface area contributed by atoms with Crippen molar-refractivity contribution >= 4 is 0 Å². The maximum absolute atomic E-state index is 5.24. The molecule has 10 heavy (non-hydrogen) atoms. The summed E-state index contributed by atoms with van der Waals surface area (Å²) in [5.74, 6) is 0. The molecular weight excluding hydrogens is 130 g/mol. The van der Waals surface area contributed by atoms with Gasteiger partial charge < -0.3 is 0 Å². The molecule has 0 aromatic heterocycles. The minimum absolute atomic E-state index is 0.389. The van der Waals surface area contributed by atoms with Crippen LogP contribution in [0.25, 0.3) is 0 Å². The second kappa shape index (κ2) is 3.32. The van der Waals surface area contributed by atoms with Crippen molar-refractivity contribution in [3.63, 3.8) is 0 Å². The summed E-state index contributed by atoms with van der Waals surface area (Å²) >= 11 is 0. The van der Waals surface area contributed by atoms with E-state index in [0.717, 1.165) is 13.1 Å². The highest BCUT2D eigenvalue weighted by Crippen LogP contribution is 2.18. The summed E-state index contributed by atoms with van der Waals surface area (Å²) in [6, 6.07) is 0. The monoisotopic (exact) mass is 146 g/mol. The molecule has 0 aromatic carbocycles. The van der Waals surface area contributed by atoms with E-state index in [1.807, 2.05) is 0 Å². The molecule has 1 heterocycles. The number of hydroxylamine groups is 4. The van der Waals surface area contributed by atoms with Gasteiger partial charge in [0.15, 0.2) is 0 Å². The molecule has 0 saturated carbocycles. The van der Waals surface area contributed by atoms with Crippen molar-refractivity contribution in [2.24, 2.45) is 0 Å². The Morgan fingerprint density at radius 1 is 0.900 bits per heavy atom. The highest BCUT2D eigenvalue weighted by molar-refractivity contribution is 4.44. The Kier molecular flexibility index (Phi) is 2.65. The quantitative estimate of drug-likeness (QED) is 0.543. The lowest BCUT2D eigenvalue weighted by Gasteiger charge is -2.32. The molecule has 0 atom stereocenters. The molecule has 0 spiro atoms. The molecule has 0 bridgehead atoms. The molecule has 0 amide bonds. The van der Waals surface area contributed by atoms with Crippen molar-refractivity contribution in [1.29, 1.82) is 0 Å². The van der Waals surface area contributed by atoms with E-state index in [4.69, 9.17) is 9.68 Å². The fourth-order valence-electron chi connectivity index (χ4n) is 1.43. The Morgan fingerprint density at radius 2 is 1.40 bits per heavy atom. The number of hydrogen-bond acceptors (Lipinski definition) is 2. The SMILES string of the molecule is CO[N+]1(OC)CCCCC1. The number of quaternary nitrogens is 1. The van der Waals surface area contributed by atoms with Crippen LogP contribution in [0.15, 0.2) is 0 Å². The van der Waals surface area contributed by atoms with Crippen LogP contribution >= 0.6 is 0 Å². The first-order chi connectivity index (χ1) is 4.83. The summed E-state index contributed by atoms with van der Waals surface area (Å²) in [7, 11) is 3.41. The lowest BCUT2D eigenvalue weighted by molar-refractivity contribution is -1.24. The van der Waals surface area contributed by atoms with Crippen molar-refractivity contribution in [2.45, 2.75) is 19.3 Å². The predicted molar refractivity (Wildman–Crippen MR) is 37.9 cm³/mol. The average molecular weight is 146 g/mol. The van der Waals surface area contributed by atoms with Crippen molar-refractivity contribution < 1.29 is 14.5 Å². The number of piperidine rings is 1. The number of hydrogen-bond donors (Lipinski definition) is 0. The minimum Gasteiger partial charge on any atom is -0.171 e. The van der Waals surface area contributed by atoms with E-state index in [1.54, 1.807) is 14.2 Å². The largest absolute Gasteiger partial charge is 0.171 e. The van der Waals surface area contributed by atoms with E-state index in [2.05, 4.69) is 0 Å². The van der Waals surface area contributed by atoms with Crippen LogP contribution in [-0.2, 0) is 9.68 Å². The van der Waals surface area contributed by atoms with Gasteiger partial charge in [-0.2, -0.15) is 9.68 Å². The number of nitrogens with zero attached hydrogens (tertiary/aromatic N) is 1. The summed E-state index contributed by atoms with van der Waals surface area (Å²) < 4.78 is 0. The van der Waals surface area contributed by atoms with Crippen molar-refractivity contribution in [1.82, 2.24) is 0 Å². The Morgan fingerprint density at radius 3 is 1.70 bits per heavy atom. The zero-order valence-electron chi connectivity index (χ0n) is 6.80. The second-order valence-corrected chi connectivity index (χ2v) is 2.69. The van der Waals surface area contributed by atoms with Crippen molar-refractivity contribution in [3.05, 3.63) is 0 Å². The minimum atomic E-state index is 0.389. The Balaban J connectivity index is 2.44. The van der Waals surface area contributed by atoms with Crippen LogP contribution < -0.4 is 0 Å². The van der Waals surface area contributed by atoms with E-state index in [1.165, 1.54) is 19.3 Å². The van der Waals surface area contributed by atoms with Crippen molar-refractivity contribution in [3.8, 4) is 0 Å². The van der Waals surface area contributed by atoms with Gasteiger partial charge in [0.2, 0.25) is 0 Å². The van der Waals surface area contributed by atoms with Gasteiger partial charge in [-0.05, 0) is 11.2 Å². The lowest BCUT2D eigenvalue weighted by atomic mass is 10.2. The standard InChI is InChI=1S/C7H16NO2/c1-9-8(10-2)6-4-3-5-7-8/h3-7H2,1-2H3/q+1. The molecule has 0 radical (unpaired) electrons. The molecule has 1 rings (SSSR count). The van der Waals surface area contributed by atoms with Crippen LogP contribution in [0, 0.1) is 0 Å². The topological polar surface area (TPSA) is 18.5 Å². The van der Waals surface area contributed by atoms with Gasteiger partial charge in [-0.1, -0.05) is 0 Å². The highest BCUT2D eigenvalue weighted by Gasteiger charge is 2.31. The van der Waals surface area contributed by atoms with Crippen LogP contribution in [0.4, 0.5) is 0 Å². The van der Waals surface area contributed by atoms with E-state index in [-0.39, 0.29) is 0 Å². The molecule has 1 aliphatic heterocycles. The van der Waals surface area contributed by atoms with Crippen LogP contribution in [-0.4, -0.2) is 32.1 Å². The first-order valence-corrected chi connectivity index (χ1v) is 3.81. The van der Waals surface area contributed by atoms with Gasteiger partial charge in [0.1, 0.15) is 13.1 Å². The zero-order chi connectivity index (χ0) is 7.45. The van der Waals surface area contributed by atoms with Gasteiger partial charge in [-0.25, -0.2) is 0 Å². The first kappa shape index (κ1) is 7.98. The molecule has 3 nitrogen and oxygen atoms in total. The van der Waals surface area contributed by atoms with E-state index >= 15 is 0 Å². The maximum atomic E-state index is 5.24. The van der Waals surface area contributed by atoms with Gasteiger partial charge in [0, 0.05) is 12.8 Å². The molecule has 0 aromatic rings. The first-order valence-electron chi connectivity index (χ1n) is 3.81. The lowest BCUT2D eigenvalue weighted by Crippen LogP contribution is -2.49. The fraction of sp³-hybridized carbons (Fsp3) is 1.00. The van der Waals surface area contributed by atoms with Gasteiger partial charge in [0.25, 0.3) is 0 Å². The van der Waals surface area contributed by atoms with E-state index < -0.39 is 0 Å². The Bertz CT molecular complexity index is 93.8. The molecule has 60 valence electrons. The summed E-state index contributed by atoms with van der Waals surface area (Å²) in [4.78, 5) is 10.9. The van der Waals surface area contributed by atoms with E-state index in [9.17, 15) is 0 Å². The van der Waals surface area contributed by atoms with Crippen LogP contribution in [0.3, 0.4) is 0 Å². The molecule has 0 N–H and O–H groups in total. The number of rotatable bonds is 2. The normalized spacial score (nSPS) is 24.6. The molecule has 1 aliphatic rings. The average Bonchev–Trinajstić information content (AvgIpc) is 2.06. The second-order valence-electron chi connectivity index (χ2n) is 2.69. The highest BCUT2D eigenvalue weighted by atomic mass is 17.0. The zero-order valence-corrected chi connectivity index (χ0v) is 6.80. The third kappa shape index (κ3) is 1.48. The Labute approximate surface area is 62.0 Å². The molecule has 0 unspecified atom stereocenters. The molecule has 1 saturated heterocycles. The third-order valence-electron chi connectivity index (χ3n) is 2.16. The summed E-state index contributed by atoms with van der Waals surface area (Å²) in [6.45, 7) is 1.99. The molecule has 0 aliphatic carbocycles. The van der Waals surface area contributed by atoms with Crippen LogP contribution in [0.1, 0.15) is 19.3 Å². The van der Waals surface area contributed by atoms with Crippen LogP contribution in [0.5, 0.6) is 0 Å². The summed E-state index contributed by atoms with van der Waals surface area (Å²) in [6.07, 6.45) is 3.73. The molecule has 3 heteroatoms. The smallest absolute Gasteiger partial charge is 0.142 e. The van der Waals surface area contributed by atoms with Gasteiger partial charge in [0.05, 0.1) is 14.2 Å². The summed E-state index contributed by atoms with van der Waals surface area (Å²) in [5.41, 5.74) is 0. The summed E-state index contributed by atoms with van der Waals surface area (Å²) in [5, 5.41) is 0. The third-order valence-corrected chi connectivity index (χ3v) is 2.16. The molecule has 1 fully saturated rings. The Hall–Kier alpha value is -0.120. The predicted octanol–water partition coefficient (Wildman–Crippen LogP) is 1.11. The van der Waals surface area contributed by atoms with E-state index in [0.29, 0.717) is 4.81 Å². The van der Waals surface area contributed by atoms with Gasteiger partial charge in [-0.3, -0.25) is 0 Å². The maximum Gasteiger partial charge on any atom is 0.142 e. The van der Waals surface area contributed by atoms with Crippen LogP contribution in [0.2, 0.25) is 0 Å². The van der Waals surface area contributed by atoms with Gasteiger partial charge >= 0.3 is 0 Å². The molecular formula is C7H16NO2+. The fourth-order valence-corrected chi connectivity index (χ4v) is 1.43.